The summed E-state index contributed by atoms with van der Waals surface area (Å²) in [6.07, 6.45) is 0. The van der Waals surface area contributed by atoms with Crippen molar-refractivity contribution in [3.63, 3.8) is 0 Å². The number of hydrogen-bond donors (Lipinski definition) is 0. The second kappa shape index (κ2) is 27.7. The third-order valence-corrected chi connectivity index (χ3v) is 25.1. The van der Waals surface area contributed by atoms with E-state index < -0.39 is 114 Å². The predicted molar refractivity (Wildman–Crippen MR) is 519 cm³/mol. The van der Waals surface area contributed by atoms with Crippen molar-refractivity contribution in [2.75, 3.05) is 9.80 Å². The molecule has 0 spiro atoms. The van der Waals surface area contributed by atoms with Crippen molar-refractivity contribution in [1.82, 2.24) is 9.13 Å². The van der Waals surface area contributed by atoms with Gasteiger partial charge in [-0.1, -0.05) is 339 Å². The van der Waals surface area contributed by atoms with Crippen LogP contribution in [0.15, 0.2) is 403 Å². The third-order valence-electron chi connectivity index (χ3n) is 25.1. The summed E-state index contributed by atoms with van der Waals surface area (Å²) in [5, 5.41) is 3.09. The molecule has 0 unspecified atom stereocenters. The van der Waals surface area contributed by atoms with Gasteiger partial charge in [-0.15, -0.1) is 0 Å². The van der Waals surface area contributed by atoms with Crippen molar-refractivity contribution < 1.29 is 30.8 Å². The van der Waals surface area contributed by atoms with Crippen LogP contribution in [0, 0.1) is 0 Å². The maximum atomic E-state index is 10.1. The first-order chi connectivity index (χ1) is 66.9. The number of benzene rings is 18. The summed E-state index contributed by atoms with van der Waals surface area (Å²) in [6.45, 7) is 12.4. The van der Waals surface area contributed by atoms with Gasteiger partial charge in [0.05, 0.1) is 55.4 Å². The fourth-order valence-electron chi connectivity index (χ4n) is 19.3. The average molecular weight is 1590 g/mol. The van der Waals surface area contributed by atoms with Crippen LogP contribution in [-0.2, 0) is 10.8 Å². The van der Waals surface area contributed by atoms with E-state index >= 15 is 0 Å². The molecule has 0 radical (unpaired) electrons. The van der Waals surface area contributed by atoms with Gasteiger partial charge in [-0.25, -0.2) is 0 Å². The second-order valence-corrected chi connectivity index (χ2v) is 34.2. The minimum Gasteiger partial charge on any atom is -0.455 e. The van der Waals surface area contributed by atoms with Crippen molar-refractivity contribution in [2.45, 2.75) is 52.4 Å². The zero-order valence-corrected chi connectivity index (χ0v) is 68.0. The van der Waals surface area contributed by atoms with Crippen LogP contribution in [0.25, 0.3) is 177 Å². The van der Waals surface area contributed by atoms with E-state index in [0.29, 0.717) is 78.5 Å². The number of furan rings is 2. The molecule has 0 amide bonds. The van der Waals surface area contributed by atoms with Crippen molar-refractivity contribution in [2.24, 2.45) is 0 Å². The molecule has 4 aromatic heterocycles. The Morgan fingerprint density at radius 3 is 0.984 bits per heavy atom. The minimum atomic E-state index is -0.914. The second-order valence-electron chi connectivity index (χ2n) is 34.2. The summed E-state index contributed by atoms with van der Waals surface area (Å²) in [4.78, 5) is 4.68. The highest BCUT2D eigenvalue weighted by molar-refractivity contribution is 7.00. The topological polar surface area (TPSA) is 42.6 Å². The standard InChI is InChI=1S/C116H83BN4O2/c1-115(2,3)80-61-76(62-81(69-80)116(4,5)6)79-67-106-110-107(68-79)121(112-95(75-39-17-10-18-40-75)64-78(73-35-13-8-14-36-73)66-97(112)93-50-32-48-91-89-46-24-30-56-109(89)123-114(91)93)105-71-83(119-102-53-27-21-43-86(102)87-44-22-28-54-103(87)119)58-60-99(105)117(110)98-59-57-82(118-100-51-25-19-41-84(100)85-42-20-26-52-101(85)118)70-104(98)120(106)111-94(74-37-15-9-16-38-74)63-77(72-33-11-7-12-34-72)65-96(111)92-49-31-47-90-88-45-23-29-55-108(88)122-113(90)92/h7-71H,1-6H3/i19D,20D,21D,22D,25D,26D,27D,28D,41D,42D,43D,44D,51D,52D,53D,54D. The van der Waals surface area contributed by atoms with Gasteiger partial charge >= 0.3 is 0 Å². The van der Waals surface area contributed by atoms with Gasteiger partial charge in [0.15, 0.2) is 0 Å². The number of para-hydroxylation sites is 8. The van der Waals surface area contributed by atoms with Gasteiger partial charge in [-0.05, 0) is 180 Å². The van der Waals surface area contributed by atoms with Crippen LogP contribution in [0.2, 0.25) is 0 Å². The highest BCUT2D eigenvalue weighted by Crippen LogP contribution is 2.58. The van der Waals surface area contributed by atoms with Gasteiger partial charge in [-0.3, -0.25) is 0 Å². The number of rotatable bonds is 11. The van der Waals surface area contributed by atoms with Gasteiger partial charge in [-0.2, -0.15) is 0 Å². The van der Waals surface area contributed by atoms with Gasteiger partial charge in [0.1, 0.15) is 22.3 Å². The molecule has 0 saturated carbocycles. The molecule has 22 aromatic rings. The Kier molecular flexibility index (Phi) is 12.9. The molecule has 6 heterocycles. The van der Waals surface area contributed by atoms with E-state index in [-0.39, 0.29) is 55.0 Å². The Balaban J connectivity index is 0.950. The first kappa shape index (κ1) is 57.1. The first-order valence-electron chi connectivity index (χ1n) is 49.6. The van der Waals surface area contributed by atoms with Gasteiger partial charge in [0, 0.05) is 111 Å². The van der Waals surface area contributed by atoms with E-state index in [0.717, 1.165) is 105 Å². The van der Waals surface area contributed by atoms with Crippen molar-refractivity contribution in [3.8, 4) is 89.3 Å². The summed E-state index contributed by atoms with van der Waals surface area (Å²) < 4.78 is 173. The molecule has 0 saturated heterocycles. The largest absolute Gasteiger partial charge is 0.455 e. The predicted octanol–water partition coefficient (Wildman–Crippen LogP) is 30.0. The van der Waals surface area contributed by atoms with Crippen molar-refractivity contribution in [3.05, 3.63) is 405 Å². The van der Waals surface area contributed by atoms with Crippen LogP contribution >= 0.6 is 0 Å². The third kappa shape index (κ3) is 11.4. The van der Waals surface area contributed by atoms with Crippen LogP contribution < -0.4 is 26.2 Å². The quantitative estimate of drug-likeness (QED) is 0.121. The molecule has 2 aliphatic rings. The summed E-state index contributed by atoms with van der Waals surface area (Å²) in [5.41, 5.74) is 20.8. The van der Waals surface area contributed by atoms with Crippen molar-refractivity contribution in [1.29, 1.82) is 0 Å². The van der Waals surface area contributed by atoms with Gasteiger partial charge in [0.2, 0.25) is 0 Å². The lowest BCUT2D eigenvalue weighted by Crippen LogP contribution is -2.61. The van der Waals surface area contributed by atoms with Crippen LogP contribution in [0.4, 0.5) is 34.1 Å². The highest BCUT2D eigenvalue weighted by atomic mass is 16.3. The molecule has 24 rings (SSSR count). The van der Waals surface area contributed by atoms with Crippen LogP contribution in [0.5, 0.6) is 0 Å². The average Bonchev–Trinajstić information content (AvgIpc) is 1.35. The number of anilines is 6. The molecule has 0 aliphatic carbocycles. The smallest absolute Gasteiger partial charge is 0.252 e. The van der Waals surface area contributed by atoms with Crippen LogP contribution in [-0.4, -0.2) is 15.8 Å². The summed E-state index contributed by atoms with van der Waals surface area (Å²) >= 11 is 0. The van der Waals surface area contributed by atoms with Gasteiger partial charge < -0.3 is 27.8 Å². The Labute approximate surface area is 737 Å². The summed E-state index contributed by atoms with van der Waals surface area (Å²) in [5.74, 6) is 0. The molecular formula is C116H83BN4O2. The zero-order valence-electron chi connectivity index (χ0n) is 84.0. The fourth-order valence-corrected chi connectivity index (χ4v) is 19.3. The first-order valence-corrected chi connectivity index (χ1v) is 41.6. The Bertz CT molecular complexity index is 8470. The Morgan fingerprint density at radius 1 is 0.260 bits per heavy atom. The highest BCUT2D eigenvalue weighted by Gasteiger charge is 2.47. The number of aromatic nitrogens is 2. The molecule has 0 bridgehead atoms. The maximum Gasteiger partial charge on any atom is 0.252 e. The monoisotopic (exact) mass is 1590 g/mol. The lowest BCUT2D eigenvalue weighted by atomic mass is 9.33. The molecule has 7 heteroatoms. The summed E-state index contributed by atoms with van der Waals surface area (Å²) in [6, 6.07) is 93.1. The Morgan fingerprint density at radius 2 is 0.593 bits per heavy atom. The number of nitrogens with zero attached hydrogens (tertiary/aromatic N) is 4. The van der Waals surface area contributed by atoms with E-state index in [1.165, 1.54) is 0 Å². The van der Waals surface area contributed by atoms with Gasteiger partial charge in [0.25, 0.3) is 6.71 Å². The number of fused-ring (bicyclic) bond motifs is 16. The lowest BCUT2D eigenvalue weighted by Gasteiger charge is -2.46. The lowest BCUT2D eigenvalue weighted by molar-refractivity contribution is 0.569. The van der Waals surface area contributed by atoms with E-state index in [1.54, 1.807) is 9.13 Å². The molecule has 0 atom stereocenters. The van der Waals surface area contributed by atoms with E-state index in [9.17, 15) is 21.9 Å². The molecule has 2 aliphatic heterocycles. The zero-order chi connectivity index (χ0) is 96.0. The molecule has 18 aromatic carbocycles. The Hall–Kier alpha value is -15.2. The molecular weight excluding hydrogens is 1490 g/mol. The van der Waals surface area contributed by atoms with Crippen molar-refractivity contribution >= 4 is 145 Å². The minimum absolute atomic E-state index is 0.0873. The van der Waals surface area contributed by atoms with E-state index in [4.69, 9.17) is 8.83 Å². The molecule has 0 fully saturated rings. The maximum absolute atomic E-state index is 10.1. The number of hydrogen-bond acceptors (Lipinski definition) is 4. The molecule has 123 heavy (non-hydrogen) atoms. The molecule has 582 valence electrons. The summed E-state index contributed by atoms with van der Waals surface area (Å²) in [7, 11) is 0. The van der Waals surface area contributed by atoms with Crippen LogP contribution in [0.1, 0.15) is 74.6 Å². The molecule has 6 nitrogen and oxygen atoms in total. The van der Waals surface area contributed by atoms with E-state index in [2.05, 4.69) is 203 Å². The fraction of sp³-hybridized carbons (Fsp3) is 0.0690. The van der Waals surface area contributed by atoms with Crippen LogP contribution in [0.3, 0.4) is 0 Å². The van der Waals surface area contributed by atoms with E-state index in [1.807, 2.05) is 146 Å². The normalized spacial score (nSPS) is 14.6. The molecule has 0 N–H and O–H groups in total. The SMILES string of the molecule is [2H]c1c([2H])c([2H])c2c(c1[2H])c1c([2H])c([2H])c([2H])c([2H])c1n2-c1ccc2c(c1)N(c1c(-c3ccccc3)cc(-c3ccccc3)cc1-c1cccc3c1oc1ccccc13)c1cc(-c3cc(C(C)(C)C)cc(C(C)(C)C)c3)cc3c1B2c1ccc(-n2c4c([2H])c([2H])c([2H])c([2H])c4c4c([2H])c([2H])c([2H])c([2H])c42)cc1N3c1c(-c2ccccc2)cc(-c2ccccc2)cc1-c1cccc2c1oc1ccccc12.